The van der Waals surface area contributed by atoms with Crippen LogP contribution in [0.15, 0.2) is 66.7 Å². The number of rotatable bonds is 9. The van der Waals surface area contributed by atoms with Gasteiger partial charge in [-0.15, -0.1) is 0 Å². The van der Waals surface area contributed by atoms with Crippen molar-refractivity contribution in [1.82, 2.24) is 9.80 Å². The topological polar surface area (TPSA) is 103 Å². The average molecular weight is 615 g/mol. The van der Waals surface area contributed by atoms with Crippen molar-refractivity contribution in [2.24, 2.45) is 5.92 Å². The Kier molecular flexibility index (Phi) is 10.4. The molecule has 0 unspecified atom stereocenters. The Labute approximate surface area is 254 Å². The molecule has 0 saturated carbocycles. The smallest absolute Gasteiger partial charge is 0.416 e. The second-order valence-electron chi connectivity index (χ2n) is 11.0. The monoisotopic (exact) mass is 614 g/mol. The number of hydrogen-bond donors (Lipinski definition) is 3. The van der Waals surface area contributed by atoms with Crippen LogP contribution in [0.1, 0.15) is 35.3 Å². The molecule has 236 valence electrons. The van der Waals surface area contributed by atoms with E-state index in [4.69, 9.17) is 9.47 Å². The highest BCUT2D eigenvalue weighted by Crippen LogP contribution is 2.35. The highest BCUT2D eigenvalue weighted by atomic mass is 19.4. The van der Waals surface area contributed by atoms with Crippen LogP contribution in [0.2, 0.25) is 0 Å². The van der Waals surface area contributed by atoms with Crippen LogP contribution in [0.3, 0.4) is 0 Å². The molecule has 12 heteroatoms. The number of carbonyl (C=O) groups is 2. The minimum Gasteiger partial charge on any atom is -0.497 e. The first kappa shape index (κ1) is 32.6. The first-order valence-electron chi connectivity index (χ1n) is 14.2. The lowest BCUT2D eigenvalue weighted by Crippen LogP contribution is -2.49. The third-order valence-corrected chi connectivity index (χ3v) is 7.51. The van der Waals surface area contributed by atoms with E-state index in [9.17, 15) is 27.9 Å². The standard InChI is InChI=1S/C32H37F3N4O5/c1-20-16-39(21(2)19-40)30(41)26-6-5-7-27(37-31(42)36-24-12-10-23(11-13-24)32(33,34)35)29(26)44-28(20)18-38(3)17-22-8-14-25(43-4)15-9-22/h5-15,20-21,28,40H,16-19H2,1-4H3,(H2,36,37,42)/t20-,21+,28-/m0/s1. The van der Waals surface area contributed by atoms with Crippen LogP contribution in [0, 0.1) is 5.92 Å². The molecule has 3 amide bonds. The van der Waals surface area contributed by atoms with Crippen molar-refractivity contribution in [3.8, 4) is 11.5 Å². The number of likely N-dealkylation sites (N-methyl/N-ethyl adjacent to an activating group) is 1. The average Bonchev–Trinajstić information content (AvgIpc) is 2.99. The number of alkyl halides is 3. The lowest BCUT2D eigenvalue weighted by Gasteiger charge is -2.38. The minimum absolute atomic E-state index is 0.154. The van der Waals surface area contributed by atoms with E-state index in [0.717, 1.165) is 35.6 Å². The summed E-state index contributed by atoms with van der Waals surface area (Å²) in [5, 5.41) is 15.1. The molecule has 0 bridgehead atoms. The van der Waals surface area contributed by atoms with Gasteiger partial charge in [0.2, 0.25) is 0 Å². The number of methoxy groups -OCH3 is 1. The fourth-order valence-electron chi connectivity index (χ4n) is 5.00. The number of fused-ring (bicyclic) bond motifs is 1. The molecule has 1 heterocycles. The van der Waals surface area contributed by atoms with Crippen LogP contribution < -0.4 is 20.1 Å². The molecular formula is C32H37F3N4O5. The van der Waals surface area contributed by atoms with Gasteiger partial charge in [0.1, 0.15) is 11.9 Å². The van der Waals surface area contributed by atoms with Crippen molar-refractivity contribution in [2.45, 2.75) is 38.7 Å². The second kappa shape index (κ2) is 14.0. The summed E-state index contributed by atoms with van der Waals surface area (Å²) in [7, 11) is 3.57. The van der Waals surface area contributed by atoms with Crippen molar-refractivity contribution in [3.05, 3.63) is 83.4 Å². The molecule has 0 aliphatic carbocycles. The number of hydrogen-bond acceptors (Lipinski definition) is 6. The van der Waals surface area contributed by atoms with Crippen molar-refractivity contribution < 1.29 is 37.3 Å². The molecule has 0 saturated heterocycles. The van der Waals surface area contributed by atoms with E-state index < -0.39 is 29.9 Å². The largest absolute Gasteiger partial charge is 0.497 e. The Morgan fingerprint density at radius 3 is 2.41 bits per heavy atom. The minimum atomic E-state index is -4.50. The molecule has 1 aliphatic rings. The number of nitrogens with zero attached hydrogens (tertiary/aromatic N) is 2. The lowest BCUT2D eigenvalue weighted by molar-refractivity contribution is -0.137. The van der Waals surface area contributed by atoms with Gasteiger partial charge in [0.15, 0.2) is 5.75 Å². The number of amides is 3. The maximum Gasteiger partial charge on any atom is 0.416 e. The molecule has 44 heavy (non-hydrogen) atoms. The van der Waals surface area contributed by atoms with Crippen molar-refractivity contribution in [3.63, 3.8) is 0 Å². The number of ether oxygens (including phenoxy) is 2. The van der Waals surface area contributed by atoms with Gasteiger partial charge in [0, 0.05) is 31.2 Å². The van der Waals surface area contributed by atoms with Gasteiger partial charge < -0.3 is 30.1 Å². The van der Waals surface area contributed by atoms with Crippen LogP contribution in [0.5, 0.6) is 11.5 Å². The number of aliphatic hydroxyl groups excluding tert-OH is 1. The van der Waals surface area contributed by atoms with E-state index in [1.54, 1.807) is 37.1 Å². The number of aliphatic hydroxyl groups is 1. The highest BCUT2D eigenvalue weighted by Gasteiger charge is 2.35. The first-order chi connectivity index (χ1) is 20.9. The molecule has 4 rings (SSSR count). The molecule has 1 aliphatic heterocycles. The van der Waals surface area contributed by atoms with Crippen LogP contribution in [0.25, 0.3) is 0 Å². The van der Waals surface area contributed by atoms with Gasteiger partial charge in [-0.25, -0.2) is 4.79 Å². The molecule has 3 aromatic rings. The maximum atomic E-state index is 13.7. The molecule has 3 atom stereocenters. The molecule has 3 N–H and O–H groups in total. The summed E-state index contributed by atoms with van der Waals surface area (Å²) in [5.74, 6) is 0.415. The number of benzene rings is 3. The molecule has 9 nitrogen and oxygen atoms in total. The van der Waals surface area contributed by atoms with E-state index in [-0.39, 0.29) is 41.1 Å². The molecule has 0 fully saturated rings. The van der Waals surface area contributed by atoms with Crippen LogP contribution >= 0.6 is 0 Å². The van der Waals surface area contributed by atoms with Gasteiger partial charge in [-0.05, 0) is 68.1 Å². The Hall–Kier alpha value is -4.29. The SMILES string of the molecule is COc1ccc(CN(C)C[C@@H]2Oc3c(NC(=O)Nc4ccc(C(F)(F)F)cc4)cccc3C(=O)N([C@H](C)CO)C[C@@H]2C)cc1. The van der Waals surface area contributed by atoms with Crippen LogP contribution in [-0.4, -0.2) is 72.8 Å². The Morgan fingerprint density at radius 1 is 1.11 bits per heavy atom. The first-order valence-corrected chi connectivity index (χ1v) is 14.2. The van der Waals surface area contributed by atoms with Gasteiger partial charge in [0.05, 0.1) is 36.6 Å². The van der Waals surface area contributed by atoms with Gasteiger partial charge >= 0.3 is 12.2 Å². The third-order valence-electron chi connectivity index (χ3n) is 7.51. The quantitative estimate of drug-likeness (QED) is 0.285. The summed E-state index contributed by atoms with van der Waals surface area (Å²) >= 11 is 0. The number of urea groups is 1. The van der Waals surface area contributed by atoms with E-state index in [2.05, 4.69) is 15.5 Å². The molecule has 3 aromatic carbocycles. The molecule has 0 spiro atoms. The summed E-state index contributed by atoms with van der Waals surface area (Å²) < 4.78 is 50.6. The Bertz CT molecular complexity index is 1430. The molecule has 0 radical (unpaired) electrons. The maximum absolute atomic E-state index is 13.7. The zero-order chi connectivity index (χ0) is 32.0. The number of nitrogens with one attached hydrogen (secondary N) is 2. The lowest BCUT2D eigenvalue weighted by atomic mass is 9.99. The zero-order valence-electron chi connectivity index (χ0n) is 25.0. The Morgan fingerprint density at radius 2 is 1.80 bits per heavy atom. The highest BCUT2D eigenvalue weighted by molar-refractivity contribution is 6.04. The fraction of sp³-hybridized carbons (Fsp3) is 0.375. The van der Waals surface area contributed by atoms with E-state index in [1.165, 1.54) is 0 Å². The summed E-state index contributed by atoms with van der Waals surface area (Å²) in [6.07, 6.45) is -4.91. The molecule has 0 aromatic heterocycles. The predicted octanol–water partition coefficient (Wildman–Crippen LogP) is 5.71. The third kappa shape index (κ3) is 8.00. The summed E-state index contributed by atoms with van der Waals surface area (Å²) in [6, 6.07) is 15.4. The summed E-state index contributed by atoms with van der Waals surface area (Å²) in [5.41, 5.74) is 0.820. The fourth-order valence-corrected chi connectivity index (χ4v) is 5.00. The van der Waals surface area contributed by atoms with E-state index in [1.807, 2.05) is 38.2 Å². The number of para-hydroxylation sites is 1. The van der Waals surface area contributed by atoms with Gasteiger partial charge in [0.25, 0.3) is 5.91 Å². The van der Waals surface area contributed by atoms with Crippen molar-refractivity contribution >= 4 is 23.3 Å². The molecular weight excluding hydrogens is 577 g/mol. The van der Waals surface area contributed by atoms with Gasteiger partial charge in [-0.3, -0.25) is 9.69 Å². The second-order valence-corrected chi connectivity index (χ2v) is 11.0. The zero-order valence-corrected chi connectivity index (χ0v) is 25.0. The van der Waals surface area contributed by atoms with Crippen LogP contribution in [0.4, 0.5) is 29.3 Å². The van der Waals surface area contributed by atoms with Crippen LogP contribution in [-0.2, 0) is 12.7 Å². The van der Waals surface area contributed by atoms with Crippen molar-refractivity contribution in [2.75, 3.05) is 44.5 Å². The Balaban J connectivity index is 1.59. The van der Waals surface area contributed by atoms with Crippen molar-refractivity contribution in [1.29, 1.82) is 0 Å². The normalized spacial score (nSPS) is 17.7. The number of carbonyl (C=O) groups excluding carboxylic acids is 2. The van der Waals surface area contributed by atoms with E-state index in [0.29, 0.717) is 19.6 Å². The number of anilines is 2. The predicted molar refractivity (Wildman–Crippen MR) is 161 cm³/mol. The summed E-state index contributed by atoms with van der Waals surface area (Å²) in [4.78, 5) is 30.3. The summed E-state index contributed by atoms with van der Waals surface area (Å²) in [6.45, 7) is 4.94. The van der Waals surface area contributed by atoms with E-state index >= 15 is 0 Å². The van der Waals surface area contributed by atoms with Gasteiger partial charge in [-0.2, -0.15) is 13.2 Å². The number of halogens is 3. The van der Waals surface area contributed by atoms with Gasteiger partial charge in [-0.1, -0.05) is 25.1 Å².